The number of carbonyl (C=O) groups excluding carboxylic acids is 1. The second-order valence-corrected chi connectivity index (χ2v) is 7.50. The summed E-state index contributed by atoms with van der Waals surface area (Å²) >= 11 is 0. The summed E-state index contributed by atoms with van der Waals surface area (Å²) in [5, 5.41) is 0. The molecule has 2 heterocycles. The summed E-state index contributed by atoms with van der Waals surface area (Å²) in [5.41, 5.74) is 0.501. The first-order chi connectivity index (χ1) is 13.1. The summed E-state index contributed by atoms with van der Waals surface area (Å²) in [6.07, 6.45) is 5.21. The molecule has 7 heteroatoms. The highest BCUT2D eigenvalue weighted by Gasteiger charge is 2.28. The van der Waals surface area contributed by atoms with Gasteiger partial charge in [0.05, 0.1) is 11.0 Å². The Kier molecular flexibility index (Phi) is 4.86. The van der Waals surface area contributed by atoms with E-state index in [0.717, 1.165) is 26.2 Å². The zero-order valence-electron chi connectivity index (χ0n) is 15.7. The molecule has 4 rings (SSSR count). The van der Waals surface area contributed by atoms with Crippen LogP contribution in [0, 0.1) is 0 Å². The monoisotopic (exact) mass is 370 g/mol. The van der Waals surface area contributed by atoms with E-state index in [4.69, 9.17) is 0 Å². The predicted molar refractivity (Wildman–Crippen MR) is 104 cm³/mol. The molecule has 1 N–H and O–H groups in total. The SMILES string of the molecule is CCn1c(=O)c(=O)[nH]c2cc(C(=O)N3CCN(C4CCCC4)CC3)ccc21. The number of fused-ring (bicyclic) bond motifs is 1. The van der Waals surface area contributed by atoms with Gasteiger partial charge in [0.25, 0.3) is 5.91 Å². The Balaban J connectivity index is 1.54. The Labute approximate surface area is 157 Å². The van der Waals surface area contributed by atoms with Crippen molar-refractivity contribution >= 4 is 16.9 Å². The van der Waals surface area contributed by atoms with Crippen molar-refractivity contribution in [3.05, 3.63) is 44.5 Å². The van der Waals surface area contributed by atoms with Gasteiger partial charge in [-0.05, 0) is 38.0 Å². The number of rotatable bonds is 3. The molecule has 1 saturated heterocycles. The predicted octanol–water partition coefficient (Wildman–Crippen LogP) is 1.41. The number of aromatic amines is 1. The van der Waals surface area contributed by atoms with Crippen LogP contribution in [0.2, 0.25) is 0 Å². The van der Waals surface area contributed by atoms with Gasteiger partial charge < -0.3 is 14.5 Å². The molecule has 0 radical (unpaired) electrons. The number of nitrogens with one attached hydrogen (secondary N) is 1. The Morgan fingerprint density at radius 1 is 1.11 bits per heavy atom. The Bertz CT molecular complexity index is 963. The van der Waals surface area contributed by atoms with Gasteiger partial charge in [0.1, 0.15) is 0 Å². The average Bonchev–Trinajstić information content (AvgIpc) is 3.23. The molecular weight excluding hydrogens is 344 g/mol. The number of hydrogen-bond acceptors (Lipinski definition) is 4. The number of carbonyl (C=O) groups is 1. The number of nitrogens with zero attached hydrogens (tertiary/aromatic N) is 3. The number of H-pyrrole nitrogens is 1. The van der Waals surface area contributed by atoms with E-state index in [0.29, 0.717) is 29.2 Å². The molecule has 1 aromatic carbocycles. The Morgan fingerprint density at radius 3 is 2.48 bits per heavy atom. The maximum absolute atomic E-state index is 12.9. The van der Waals surface area contributed by atoms with E-state index in [2.05, 4.69) is 9.88 Å². The van der Waals surface area contributed by atoms with Crippen molar-refractivity contribution < 1.29 is 4.79 Å². The highest BCUT2D eigenvalue weighted by Crippen LogP contribution is 2.24. The Morgan fingerprint density at radius 2 is 1.81 bits per heavy atom. The number of hydrogen-bond donors (Lipinski definition) is 1. The lowest BCUT2D eigenvalue weighted by atomic mass is 10.1. The third kappa shape index (κ3) is 3.32. The topological polar surface area (TPSA) is 78.4 Å². The van der Waals surface area contributed by atoms with Crippen LogP contribution in [-0.4, -0.2) is 57.5 Å². The molecule has 1 amide bonds. The molecule has 2 fully saturated rings. The average molecular weight is 370 g/mol. The lowest BCUT2D eigenvalue weighted by Gasteiger charge is -2.38. The van der Waals surface area contributed by atoms with Crippen molar-refractivity contribution in [2.75, 3.05) is 26.2 Å². The van der Waals surface area contributed by atoms with Crippen molar-refractivity contribution in [2.45, 2.75) is 45.2 Å². The van der Waals surface area contributed by atoms with Crippen LogP contribution >= 0.6 is 0 Å². The molecule has 7 nitrogen and oxygen atoms in total. The van der Waals surface area contributed by atoms with Crippen LogP contribution in [0.1, 0.15) is 43.0 Å². The fourth-order valence-corrected chi connectivity index (χ4v) is 4.47. The maximum Gasteiger partial charge on any atom is 0.316 e. The van der Waals surface area contributed by atoms with Crippen molar-refractivity contribution in [2.24, 2.45) is 0 Å². The Hall–Kier alpha value is -2.41. The lowest BCUT2D eigenvalue weighted by molar-refractivity contribution is 0.0573. The van der Waals surface area contributed by atoms with Crippen LogP contribution in [0.4, 0.5) is 0 Å². The van der Waals surface area contributed by atoms with Gasteiger partial charge in [0.15, 0.2) is 0 Å². The van der Waals surface area contributed by atoms with Gasteiger partial charge in [0.2, 0.25) is 0 Å². The zero-order chi connectivity index (χ0) is 19.0. The molecule has 1 aromatic heterocycles. The molecule has 0 bridgehead atoms. The van der Waals surface area contributed by atoms with Gasteiger partial charge in [-0.2, -0.15) is 0 Å². The zero-order valence-corrected chi connectivity index (χ0v) is 15.7. The summed E-state index contributed by atoms with van der Waals surface area (Å²) in [4.78, 5) is 43.8. The minimum Gasteiger partial charge on any atom is -0.336 e. The second kappa shape index (κ2) is 7.31. The normalized spacial score (nSPS) is 19.1. The second-order valence-electron chi connectivity index (χ2n) is 7.50. The highest BCUT2D eigenvalue weighted by atomic mass is 16.2. The first-order valence-electron chi connectivity index (χ1n) is 9.88. The summed E-state index contributed by atoms with van der Waals surface area (Å²) in [5.74, 6) is -0.0157. The smallest absolute Gasteiger partial charge is 0.316 e. The fraction of sp³-hybridized carbons (Fsp3) is 0.550. The highest BCUT2D eigenvalue weighted by molar-refractivity contribution is 5.97. The summed E-state index contributed by atoms with van der Waals surface area (Å²) in [7, 11) is 0. The maximum atomic E-state index is 12.9. The van der Waals surface area contributed by atoms with Gasteiger partial charge in [-0.25, -0.2) is 0 Å². The molecule has 144 valence electrons. The van der Waals surface area contributed by atoms with Crippen LogP contribution in [-0.2, 0) is 6.54 Å². The minimum absolute atomic E-state index is 0.0157. The van der Waals surface area contributed by atoms with E-state index in [9.17, 15) is 14.4 Å². The standard InChI is InChI=1S/C20H26N4O3/c1-2-24-17-8-7-14(13-16(17)21-18(25)20(24)27)19(26)23-11-9-22(10-12-23)15-5-3-4-6-15/h7-8,13,15H,2-6,9-12H2,1H3,(H,21,25). The van der Waals surface area contributed by atoms with Crippen molar-refractivity contribution in [1.29, 1.82) is 0 Å². The van der Waals surface area contributed by atoms with Crippen LogP contribution in [0.3, 0.4) is 0 Å². The first kappa shape index (κ1) is 18.0. The summed E-state index contributed by atoms with van der Waals surface area (Å²) in [6, 6.07) is 5.88. The van der Waals surface area contributed by atoms with E-state index >= 15 is 0 Å². The van der Waals surface area contributed by atoms with Gasteiger partial charge in [-0.1, -0.05) is 12.8 Å². The van der Waals surface area contributed by atoms with Crippen molar-refractivity contribution in [3.8, 4) is 0 Å². The number of aryl methyl sites for hydroxylation is 1. The molecule has 1 aliphatic carbocycles. The van der Waals surface area contributed by atoms with Crippen LogP contribution < -0.4 is 11.1 Å². The van der Waals surface area contributed by atoms with Gasteiger partial charge in [-0.15, -0.1) is 0 Å². The van der Waals surface area contributed by atoms with E-state index in [1.807, 2.05) is 11.8 Å². The molecule has 0 atom stereocenters. The number of aromatic nitrogens is 2. The molecule has 1 saturated carbocycles. The first-order valence-corrected chi connectivity index (χ1v) is 9.88. The largest absolute Gasteiger partial charge is 0.336 e. The molecule has 1 aliphatic heterocycles. The van der Waals surface area contributed by atoms with Gasteiger partial charge in [-0.3, -0.25) is 19.3 Å². The minimum atomic E-state index is -0.654. The molecule has 27 heavy (non-hydrogen) atoms. The lowest BCUT2D eigenvalue weighted by Crippen LogP contribution is -2.51. The molecular formula is C20H26N4O3. The van der Waals surface area contributed by atoms with E-state index in [1.165, 1.54) is 30.3 Å². The van der Waals surface area contributed by atoms with Crippen molar-refractivity contribution in [3.63, 3.8) is 0 Å². The third-order valence-electron chi connectivity index (χ3n) is 5.98. The van der Waals surface area contributed by atoms with E-state index in [-0.39, 0.29) is 5.91 Å². The molecule has 0 unspecified atom stereocenters. The van der Waals surface area contributed by atoms with Gasteiger partial charge >= 0.3 is 11.1 Å². The number of amides is 1. The van der Waals surface area contributed by atoms with Crippen LogP contribution in [0.15, 0.2) is 27.8 Å². The van der Waals surface area contributed by atoms with Crippen LogP contribution in [0.25, 0.3) is 11.0 Å². The molecule has 2 aliphatic rings. The molecule has 0 spiro atoms. The summed E-state index contributed by atoms with van der Waals surface area (Å²) in [6.45, 7) is 5.56. The summed E-state index contributed by atoms with van der Waals surface area (Å²) < 4.78 is 1.43. The quantitative estimate of drug-likeness (QED) is 0.829. The number of benzene rings is 1. The van der Waals surface area contributed by atoms with Crippen molar-refractivity contribution in [1.82, 2.24) is 19.4 Å². The fourth-order valence-electron chi connectivity index (χ4n) is 4.47. The van der Waals surface area contributed by atoms with E-state index < -0.39 is 11.1 Å². The molecule has 2 aromatic rings. The third-order valence-corrected chi connectivity index (χ3v) is 5.98. The van der Waals surface area contributed by atoms with E-state index in [1.54, 1.807) is 18.2 Å². The van der Waals surface area contributed by atoms with Crippen LogP contribution in [0.5, 0.6) is 0 Å². The van der Waals surface area contributed by atoms with Gasteiger partial charge in [0, 0.05) is 44.3 Å². The number of piperazine rings is 1.